The van der Waals surface area contributed by atoms with Crippen LogP contribution in [0.1, 0.15) is 0 Å². The minimum absolute atomic E-state index is 0.602. The fraction of sp³-hybridized carbons (Fsp3) is 0. The summed E-state index contributed by atoms with van der Waals surface area (Å²) in [7, 11) is 0. The molecule has 0 saturated heterocycles. The second kappa shape index (κ2) is 4.90. The zero-order chi connectivity index (χ0) is 13.2. The zero-order valence-electron chi connectivity index (χ0n) is 10.1. The molecule has 0 atom stereocenters. The van der Waals surface area contributed by atoms with Crippen LogP contribution < -0.4 is 5.73 Å². The maximum absolute atomic E-state index is 6.13. The van der Waals surface area contributed by atoms with Crippen LogP contribution in [-0.4, -0.2) is 9.78 Å². The van der Waals surface area contributed by atoms with E-state index >= 15 is 0 Å². The fourth-order valence-electron chi connectivity index (χ4n) is 1.96. The number of anilines is 1. The second-order valence-electron chi connectivity index (χ2n) is 4.16. The van der Waals surface area contributed by atoms with Gasteiger partial charge in [-0.3, -0.25) is 0 Å². The number of nitrogens with two attached hydrogens (primary N) is 1. The van der Waals surface area contributed by atoms with Crippen LogP contribution in [0.5, 0.6) is 0 Å². The van der Waals surface area contributed by atoms with E-state index in [0.717, 1.165) is 21.4 Å². The highest BCUT2D eigenvalue weighted by Gasteiger charge is 2.15. The Morgan fingerprint density at radius 3 is 2.11 bits per heavy atom. The van der Waals surface area contributed by atoms with Crippen molar-refractivity contribution in [3.05, 3.63) is 65.1 Å². The third-order valence-electron chi connectivity index (χ3n) is 2.91. The molecule has 0 fully saturated rings. The molecule has 0 spiro atoms. The Hall–Kier alpha value is -2.07. The van der Waals surface area contributed by atoms with E-state index in [1.165, 1.54) is 0 Å². The number of benzene rings is 2. The molecule has 0 bridgehead atoms. The molecule has 0 amide bonds. The van der Waals surface area contributed by atoms with Gasteiger partial charge in [0.2, 0.25) is 0 Å². The first kappa shape index (κ1) is 12.0. The SMILES string of the molecule is Nc1c(Br)c(-c2ccccc2)nn1-c1ccccc1. The Bertz CT molecular complexity index is 630. The smallest absolute Gasteiger partial charge is 0.142 e. The van der Waals surface area contributed by atoms with Crippen molar-refractivity contribution < 1.29 is 0 Å². The summed E-state index contributed by atoms with van der Waals surface area (Å²) in [6.07, 6.45) is 0. The van der Waals surface area contributed by atoms with E-state index in [1.807, 2.05) is 60.7 Å². The van der Waals surface area contributed by atoms with Crippen LogP contribution in [0.15, 0.2) is 65.1 Å². The van der Waals surface area contributed by atoms with Gasteiger partial charge in [0.1, 0.15) is 11.5 Å². The molecule has 0 aliphatic heterocycles. The number of rotatable bonds is 2. The standard InChI is InChI=1S/C15H12BrN3/c16-13-14(11-7-3-1-4-8-11)18-19(15(13)17)12-9-5-2-6-10-12/h1-10H,17H2. The maximum atomic E-state index is 6.13. The van der Waals surface area contributed by atoms with Crippen LogP contribution in [0.4, 0.5) is 5.82 Å². The van der Waals surface area contributed by atoms with Crippen molar-refractivity contribution >= 4 is 21.7 Å². The molecule has 94 valence electrons. The highest BCUT2D eigenvalue weighted by atomic mass is 79.9. The lowest BCUT2D eigenvalue weighted by Gasteiger charge is -2.02. The van der Waals surface area contributed by atoms with Crippen molar-refractivity contribution in [1.29, 1.82) is 0 Å². The van der Waals surface area contributed by atoms with Crippen LogP contribution in [0.25, 0.3) is 16.9 Å². The Kier molecular flexibility index (Phi) is 3.09. The second-order valence-corrected chi connectivity index (χ2v) is 4.95. The molecule has 1 heterocycles. The molecule has 0 unspecified atom stereocenters. The van der Waals surface area contributed by atoms with Crippen LogP contribution in [0.3, 0.4) is 0 Å². The highest BCUT2D eigenvalue weighted by molar-refractivity contribution is 9.10. The van der Waals surface area contributed by atoms with Gasteiger partial charge in [-0.05, 0) is 28.1 Å². The Balaban J connectivity index is 2.16. The lowest BCUT2D eigenvalue weighted by molar-refractivity contribution is 0.895. The van der Waals surface area contributed by atoms with E-state index in [-0.39, 0.29) is 0 Å². The molecule has 0 radical (unpaired) electrons. The van der Waals surface area contributed by atoms with E-state index in [4.69, 9.17) is 5.73 Å². The molecule has 1 aromatic heterocycles. The number of hydrogen-bond donors (Lipinski definition) is 1. The first-order valence-corrected chi connectivity index (χ1v) is 6.71. The molecular formula is C15H12BrN3. The van der Waals surface area contributed by atoms with E-state index in [0.29, 0.717) is 5.82 Å². The molecule has 3 aromatic rings. The van der Waals surface area contributed by atoms with Gasteiger partial charge in [-0.2, -0.15) is 5.10 Å². The average molecular weight is 314 g/mol. The molecule has 2 N–H and O–H groups in total. The monoisotopic (exact) mass is 313 g/mol. The quantitative estimate of drug-likeness (QED) is 0.780. The van der Waals surface area contributed by atoms with Gasteiger partial charge in [0, 0.05) is 5.56 Å². The van der Waals surface area contributed by atoms with Crippen LogP contribution >= 0.6 is 15.9 Å². The number of hydrogen-bond acceptors (Lipinski definition) is 2. The Morgan fingerprint density at radius 1 is 0.895 bits per heavy atom. The van der Waals surface area contributed by atoms with Crippen LogP contribution in [0, 0.1) is 0 Å². The van der Waals surface area contributed by atoms with Crippen molar-refractivity contribution in [1.82, 2.24) is 9.78 Å². The summed E-state index contributed by atoms with van der Waals surface area (Å²) in [5.74, 6) is 0.602. The van der Waals surface area contributed by atoms with Crippen molar-refractivity contribution in [3.63, 3.8) is 0 Å². The van der Waals surface area contributed by atoms with E-state index in [9.17, 15) is 0 Å². The summed E-state index contributed by atoms with van der Waals surface area (Å²) in [5.41, 5.74) is 8.96. The van der Waals surface area contributed by atoms with Gasteiger partial charge in [-0.1, -0.05) is 48.5 Å². The lowest BCUT2D eigenvalue weighted by atomic mass is 10.2. The van der Waals surface area contributed by atoms with Gasteiger partial charge in [-0.25, -0.2) is 4.68 Å². The predicted octanol–water partition coefficient (Wildman–Crippen LogP) is 3.88. The first-order valence-electron chi connectivity index (χ1n) is 5.92. The Labute approximate surface area is 119 Å². The first-order chi connectivity index (χ1) is 9.27. The van der Waals surface area contributed by atoms with Crippen molar-refractivity contribution in [2.24, 2.45) is 0 Å². The number of para-hydroxylation sites is 1. The molecule has 0 aliphatic rings. The van der Waals surface area contributed by atoms with Gasteiger partial charge in [0.05, 0.1) is 10.2 Å². The third-order valence-corrected chi connectivity index (χ3v) is 3.69. The Morgan fingerprint density at radius 2 is 1.47 bits per heavy atom. The summed E-state index contributed by atoms with van der Waals surface area (Å²) in [6, 6.07) is 19.8. The molecule has 0 saturated carbocycles. The number of halogens is 1. The molecule has 3 nitrogen and oxygen atoms in total. The summed E-state index contributed by atoms with van der Waals surface area (Å²) in [5, 5.41) is 4.59. The average Bonchev–Trinajstić information content (AvgIpc) is 2.77. The largest absolute Gasteiger partial charge is 0.383 e. The molecule has 3 rings (SSSR count). The van der Waals surface area contributed by atoms with Crippen molar-refractivity contribution in [2.75, 3.05) is 5.73 Å². The number of nitrogen functional groups attached to an aromatic ring is 1. The highest BCUT2D eigenvalue weighted by Crippen LogP contribution is 2.33. The zero-order valence-corrected chi connectivity index (χ0v) is 11.7. The summed E-state index contributed by atoms with van der Waals surface area (Å²) < 4.78 is 2.56. The summed E-state index contributed by atoms with van der Waals surface area (Å²) in [4.78, 5) is 0. The minimum Gasteiger partial charge on any atom is -0.383 e. The van der Waals surface area contributed by atoms with Crippen LogP contribution in [-0.2, 0) is 0 Å². The predicted molar refractivity (Wildman–Crippen MR) is 81.1 cm³/mol. The topological polar surface area (TPSA) is 43.8 Å². The molecule has 4 heteroatoms. The van der Waals surface area contributed by atoms with Crippen molar-refractivity contribution in [2.45, 2.75) is 0 Å². The van der Waals surface area contributed by atoms with Gasteiger partial charge in [0.15, 0.2) is 0 Å². The number of aromatic nitrogens is 2. The van der Waals surface area contributed by atoms with Gasteiger partial charge in [0.25, 0.3) is 0 Å². The molecule has 0 aliphatic carbocycles. The summed E-state index contributed by atoms with van der Waals surface area (Å²) in [6.45, 7) is 0. The summed E-state index contributed by atoms with van der Waals surface area (Å²) >= 11 is 3.53. The lowest BCUT2D eigenvalue weighted by Crippen LogP contribution is -2.01. The van der Waals surface area contributed by atoms with E-state index in [2.05, 4.69) is 21.0 Å². The van der Waals surface area contributed by atoms with Gasteiger partial charge < -0.3 is 5.73 Å². The third kappa shape index (κ3) is 2.15. The van der Waals surface area contributed by atoms with E-state index in [1.54, 1.807) is 4.68 Å². The molecular weight excluding hydrogens is 302 g/mol. The minimum atomic E-state index is 0.602. The molecule has 2 aromatic carbocycles. The van der Waals surface area contributed by atoms with E-state index < -0.39 is 0 Å². The van der Waals surface area contributed by atoms with Crippen molar-refractivity contribution in [3.8, 4) is 16.9 Å². The fourth-order valence-corrected chi connectivity index (χ4v) is 2.43. The molecule has 19 heavy (non-hydrogen) atoms. The van der Waals surface area contributed by atoms with Crippen LogP contribution in [0.2, 0.25) is 0 Å². The van der Waals surface area contributed by atoms with Gasteiger partial charge >= 0.3 is 0 Å². The number of nitrogens with zero attached hydrogens (tertiary/aromatic N) is 2. The maximum Gasteiger partial charge on any atom is 0.142 e. The van der Waals surface area contributed by atoms with Gasteiger partial charge in [-0.15, -0.1) is 0 Å². The normalized spacial score (nSPS) is 10.6.